The van der Waals surface area contributed by atoms with Crippen LogP contribution in [0.5, 0.6) is 0 Å². The molecule has 0 unspecified atom stereocenters. The topological polar surface area (TPSA) is 84.8 Å². The lowest BCUT2D eigenvalue weighted by molar-refractivity contribution is 0.0985. The van der Waals surface area contributed by atoms with Crippen molar-refractivity contribution < 1.29 is 4.74 Å². The van der Waals surface area contributed by atoms with Gasteiger partial charge >= 0.3 is 0 Å². The lowest BCUT2D eigenvalue weighted by Gasteiger charge is -2.34. The second-order valence-corrected chi connectivity index (χ2v) is 7.82. The number of fused-ring (bicyclic) bond motifs is 1. The van der Waals surface area contributed by atoms with Crippen LogP contribution in [-0.4, -0.2) is 55.5 Å². The smallest absolute Gasteiger partial charge is 0.165 e. The number of aromatic nitrogens is 6. The zero-order chi connectivity index (χ0) is 20.8. The fourth-order valence-corrected chi connectivity index (χ4v) is 4.18. The molecule has 0 saturated carbocycles. The molecule has 4 aromatic rings. The lowest BCUT2D eigenvalue weighted by Crippen LogP contribution is -2.44. The summed E-state index contributed by atoms with van der Waals surface area (Å²) in [5.41, 5.74) is 5.72. The highest BCUT2D eigenvalue weighted by atomic mass is 16.5. The van der Waals surface area contributed by atoms with Crippen LogP contribution in [0.15, 0.2) is 30.6 Å². The monoisotopic (exact) mass is 403 g/mol. The van der Waals surface area contributed by atoms with Gasteiger partial charge in [-0.1, -0.05) is 0 Å². The fraction of sp³-hybridized carbons (Fsp3) is 0.364. The number of rotatable bonds is 3. The van der Waals surface area contributed by atoms with Crippen LogP contribution in [0.25, 0.3) is 33.7 Å². The molecular weight excluding hydrogens is 378 g/mol. The van der Waals surface area contributed by atoms with E-state index in [1.807, 2.05) is 43.2 Å². The Hall–Kier alpha value is -3.26. The van der Waals surface area contributed by atoms with E-state index in [0.717, 1.165) is 51.6 Å². The SMILES string of the molecule is Cc1nn(C)c(C)c1-c1nc(-c2ccnc3[nH]ccc23)cc(N2CCOC[C@H]2C)n1. The van der Waals surface area contributed by atoms with Crippen molar-refractivity contribution in [2.45, 2.75) is 26.8 Å². The summed E-state index contributed by atoms with van der Waals surface area (Å²) in [7, 11) is 1.95. The first-order valence-corrected chi connectivity index (χ1v) is 10.2. The van der Waals surface area contributed by atoms with Gasteiger partial charge in [0.15, 0.2) is 5.82 Å². The number of anilines is 1. The molecule has 8 heteroatoms. The second kappa shape index (κ2) is 7.21. The molecule has 1 atom stereocenters. The molecule has 1 aliphatic heterocycles. The molecule has 154 valence electrons. The Morgan fingerprint density at radius 2 is 2.07 bits per heavy atom. The van der Waals surface area contributed by atoms with Crippen LogP contribution in [0.2, 0.25) is 0 Å². The van der Waals surface area contributed by atoms with E-state index < -0.39 is 0 Å². The van der Waals surface area contributed by atoms with Crippen molar-refractivity contribution >= 4 is 16.9 Å². The minimum Gasteiger partial charge on any atom is -0.377 e. The molecule has 30 heavy (non-hydrogen) atoms. The molecule has 0 aliphatic carbocycles. The Kier molecular flexibility index (Phi) is 4.51. The molecule has 0 aromatic carbocycles. The normalized spacial score (nSPS) is 17.1. The molecule has 0 radical (unpaired) electrons. The van der Waals surface area contributed by atoms with Gasteiger partial charge in [0.2, 0.25) is 0 Å². The van der Waals surface area contributed by atoms with E-state index >= 15 is 0 Å². The summed E-state index contributed by atoms with van der Waals surface area (Å²) < 4.78 is 7.52. The standard InChI is InChI=1S/C22H25N7O/c1-13-12-30-10-9-29(13)19-11-18(16-5-7-23-21-17(16)6-8-24-21)25-22(26-19)20-14(2)27-28(4)15(20)3/h5-8,11,13H,9-10,12H2,1-4H3,(H,23,24)/t13-/m1/s1. The van der Waals surface area contributed by atoms with Crippen molar-refractivity contribution in [3.8, 4) is 22.6 Å². The lowest BCUT2D eigenvalue weighted by atomic mass is 10.1. The predicted molar refractivity (Wildman–Crippen MR) is 116 cm³/mol. The number of hydrogen-bond acceptors (Lipinski definition) is 6. The predicted octanol–water partition coefficient (Wildman–Crippen LogP) is 3.26. The number of H-pyrrole nitrogens is 1. The van der Waals surface area contributed by atoms with E-state index in [-0.39, 0.29) is 6.04 Å². The van der Waals surface area contributed by atoms with Crippen LogP contribution in [0.1, 0.15) is 18.3 Å². The third kappa shape index (κ3) is 3.04. The zero-order valence-corrected chi connectivity index (χ0v) is 17.7. The van der Waals surface area contributed by atoms with E-state index in [0.29, 0.717) is 19.0 Å². The highest BCUT2D eigenvalue weighted by Gasteiger charge is 2.24. The third-order valence-electron chi connectivity index (χ3n) is 5.84. The first-order chi connectivity index (χ1) is 14.5. The number of aryl methyl sites for hydroxylation is 2. The molecule has 5 rings (SSSR count). The molecule has 1 saturated heterocycles. The average molecular weight is 403 g/mol. The maximum Gasteiger partial charge on any atom is 0.165 e. The van der Waals surface area contributed by atoms with Crippen molar-refractivity contribution in [1.29, 1.82) is 0 Å². The number of pyridine rings is 1. The minimum atomic E-state index is 0.246. The van der Waals surface area contributed by atoms with Gasteiger partial charge in [-0.25, -0.2) is 15.0 Å². The molecule has 4 aromatic heterocycles. The molecule has 8 nitrogen and oxygen atoms in total. The van der Waals surface area contributed by atoms with Crippen LogP contribution < -0.4 is 4.90 Å². The summed E-state index contributed by atoms with van der Waals surface area (Å²) in [6.07, 6.45) is 3.72. The first kappa shape index (κ1) is 18.7. The van der Waals surface area contributed by atoms with Gasteiger partial charge in [0.25, 0.3) is 0 Å². The van der Waals surface area contributed by atoms with Gasteiger partial charge in [0.1, 0.15) is 11.5 Å². The number of hydrogen-bond donors (Lipinski definition) is 1. The van der Waals surface area contributed by atoms with Crippen molar-refractivity contribution in [2.24, 2.45) is 7.05 Å². The van der Waals surface area contributed by atoms with Gasteiger partial charge in [0.05, 0.1) is 36.2 Å². The number of nitrogens with one attached hydrogen (secondary N) is 1. The molecule has 0 spiro atoms. The van der Waals surface area contributed by atoms with Crippen LogP contribution >= 0.6 is 0 Å². The van der Waals surface area contributed by atoms with Gasteiger partial charge < -0.3 is 14.6 Å². The largest absolute Gasteiger partial charge is 0.377 e. The number of nitrogens with zero attached hydrogens (tertiary/aromatic N) is 6. The Morgan fingerprint density at radius 1 is 1.20 bits per heavy atom. The summed E-state index contributed by atoms with van der Waals surface area (Å²) in [5.74, 6) is 1.61. The van der Waals surface area contributed by atoms with E-state index in [9.17, 15) is 0 Å². The van der Waals surface area contributed by atoms with Crippen LogP contribution in [0.3, 0.4) is 0 Å². The highest BCUT2D eigenvalue weighted by Crippen LogP contribution is 2.32. The first-order valence-electron chi connectivity index (χ1n) is 10.2. The van der Waals surface area contributed by atoms with Gasteiger partial charge in [-0.15, -0.1) is 0 Å². The van der Waals surface area contributed by atoms with Crippen molar-refractivity contribution in [1.82, 2.24) is 29.7 Å². The van der Waals surface area contributed by atoms with Crippen molar-refractivity contribution in [2.75, 3.05) is 24.7 Å². The summed E-state index contributed by atoms with van der Waals surface area (Å²) in [6.45, 7) is 8.42. The molecular formula is C22H25N7O. The van der Waals surface area contributed by atoms with Gasteiger partial charge in [-0.05, 0) is 32.9 Å². The van der Waals surface area contributed by atoms with E-state index in [1.165, 1.54) is 0 Å². The number of morpholine rings is 1. The maximum atomic E-state index is 5.64. The van der Waals surface area contributed by atoms with Crippen molar-refractivity contribution in [3.05, 3.63) is 42.0 Å². The Morgan fingerprint density at radius 3 is 2.83 bits per heavy atom. The Labute approximate surface area is 174 Å². The molecule has 5 heterocycles. The van der Waals surface area contributed by atoms with Crippen LogP contribution in [0, 0.1) is 13.8 Å². The molecule has 1 aliphatic rings. The minimum absolute atomic E-state index is 0.246. The second-order valence-electron chi connectivity index (χ2n) is 7.82. The van der Waals surface area contributed by atoms with Crippen LogP contribution in [0.4, 0.5) is 5.82 Å². The van der Waals surface area contributed by atoms with Gasteiger partial charge in [-0.3, -0.25) is 4.68 Å². The molecule has 0 bridgehead atoms. The molecule has 1 N–H and O–H groups in total. The molecule has 0 amide bonds. The van der Waals surface area contributed by atoms with Gasteiger partial charge in [-0.2, -0.15) is 5.10 Å². The zero-order valence-electron chi connectivity index (χ0n) is 17.7. The molecule has 1 fully saturated rings. The fourth-order valence-electron chi connectivity index (χ4n) is 4.18. The summed E-state index contributed by atoms with van der Waals surface area (Å²) in [6, 6.07) is 6.37. The Bertz CT molecular complexity index is 1230. The maximum absolute atomic E-state index is 5.64. The van der Waals surface area contributed by atoms with Crippen LogP contribution in [-0.2, 0) is 11.8 Å². The summed E-state index contributed by atoms with van der Waals surface area (Å²) >= 11 is 0. The third-order valence-corrected chi connectivity index (χ3v) is 5.84. The van der Waals surface area contributed by atoms with E-state index in [1.54, 1.807) is 0 Å². The van der Waals surface area contributed by atoms with Gasteiger partial charge in [0, 0.05) is 48.7 Å². The quantitative estimate of drug-likeness (QED) is 0.565. The summed E-state index contributed by atoms with van der Waals surface area (Å²) in [5, 5.41) is 5.62. The van der Waals surface area contributed by atoms with E-state index in [4.69, 9.17) is 14.7 Å². The van der Waals surface area contributed by atoms with Crippen molar-refractivity contribution in [3.63, 3.8) is 0 Å². The van der Waals surface area contributed by atoms with E-state index in [2.05, 4.69) is 39.9 Å². The number of ether oxygens (including phenoxy) is 1. The summed E-state index contributed by atoms with van der Waals surface area (Å²) in [4.78, 5) is 19.9. The number of aromatic amines is 1. The average Bonchev–Trinajstić information content (AvgIpc) is 3.32. The highest BCUT2D eigenvalue weighted by molar-refractivity contribution is 5.92. The Balaban J connectivity index is 1.74.